The monoisotopic (exact) mass is 571 g/mol. The largest absolute Gasteiger partial charge is 0.480 e. The molecule has 1 saturated heterocycles. The number of aryl methyl sites for hydroxylation is 1. The average molecular weight is 573 g/mol. The number of hydrogen-bond donors (Lipinski definition) is 3. The van der Waals surface area contributed by atoms with Crippen LogP contribution in [0.15, 0.2) is 35.5 Å². The summed E-state index contributed by atoms with van der Waals surface area (Å²) in [6.07, 6.45) is 4.63. The normalized spacial score (nSPS) is 18.0. The van der Waals surface area contributed by atoms with Crippen LogP contribution in [-0.4, -0.2) is 76.1 Å². The van der Waals surface area contributed by atoms with Gasteiger partial charge in [0.25, 0.3) is 0 Å². The summed E-state index contributed by atoms with van der Waals surface area (Å²) in [5.41, 5.74) is 5.80. The first-order valence-electron chi connectivity index (χ1n) is 11.2. The van der Waals surface area contributed by atoms with Gasteiger partial charge in [-0.1, -0.05) is 24.6 Å². The van der Waals surface area contributed by atoms with Gasteiger partial charge in [0.1, 0.15) is 16.3 Å². The Morgan fingerprint density at radius 1 is 1.37 bits per heavy atom. The topological polar surface area (TPSA) is 132 Å². The van der Waals surface area contributed by atoms with Crippen LogP contribution in [0.2, 0.25) is 5.02 Å². The summed E-state index contributed by atoms with van der Waals surface area (Å²) < 4.78 is 5.79. The van der Waals surface area contributed by atoms with E-state index in [2.05, 4.69) is 26.7 Å². The molecule has 1 aliphatic heterocycles. The second-order valence-corrected chi connectivity index (χ2v) is 9.85. The van der Waals surface area contributed by atoms with E-state index in [0.717, 1.165) is 23.8 Å². The van der Waals surface area contributed by atoms with E-state index < -0.39 is 23.7 Å². The fourth-order valence-corrected chi connectivity index (χ4v) is 3.94. The molecule has 0 bridgehead atoms. The number of halogens is 2. The number of benzene rings is 1. The summed E-state index contributed by atoms with van der Waals surface area (Å²) in [5.74, 6) is -1.09. The third-order valence-corrected chi connectivity index (χ3v) is 5.78. The van der Waals surface area contributed by atoms with Crippen molar-refractivity contribution < 1.29 is 19.4 Å². The van der Waals surface area contributed by atoms with Gasteiger partial charge in [0.2, 0.25) is 0 Å². The van der Waals surface area contributed by atoms with Crippen LogP contribution in [0, 0.1) is 5.41 Å². The summed E-state index contributed by atoms with van der Waals surface area (Å²) in [4.78, 5) is 32.2. The molecule has 35 heavy (non-hydrogen) atoms. The number of carbonyl (C=O) groups excluding carboxylic acids is 1. The van der Waals surface area contributed by atoms with Gasteiger partial charge in [-0.25, -0.2) is 14.6 Å². The molecular formula is C24H35BrClN5O4. The maximum absolute atomic E-state index is 12.6. The number of rotatable bonds is 7. The summed E-state index contributed by atoms with van der Waals surface area (Å²) in [7, 11) is 1.50. The molecule has 0 spiro atoms. The van der Waals surface area contributed by atoms with Gasteiger partial charge in [-0.15, -0.1) is 0 Å². The number of nitrogens with one attached hydrogen (secondary N) is 1. The summed E-state index contributed by atoms with van der Waals surface area (Å²) in [6, 6.07) is 4.29. The Hall–Kier alpha value is -2.27. The van der Waals surface area contributed by atoms with Crippen molar-refractivity contribution in [3.63, 3.8) is 0 Å². The minimum atomic E-state index is -1.09. The van der Waals surface area contributed by atoms with Crippen molar-refractivity contribution in [1.29, 1.82) is 5.41 Å². The fourth-order valence-electron chi connectivity index (χ4n) is 3.63. The van der Waals surface area contributed by atoms with Crippen molar-refractivity contribution in [3.8, 4) is 0 Å². The molecule has 194 valence electrons. The summed E-state index contributed by atoms with van der Waals surface area (Å²) in [6.45, 7) is 8.04. The van der Waals surface area contributed by atoms with Crippen LogP contribution >= 0.6 is 27.5 Å². The molecular weight excluding hydrogens is 538 g/mol. The second-order valence-electron chi connectivity index (χ2n) is 8.60. The molecule has 2 rings (SSSR count). The van der Waals surface area contributed by atoms with Crippen LogP contribution in [-0.2, 0) is 16.0 Å². The predicted molar refractivity (Wildman–Crippen MR) is 144 cm³/mol. The summed E-state index contributed by atoms with van der Waals surface area (Å²) in [5, 5.41) is 17.8. The van der Waals surface area contributed by atoms with Gasteiger partial charge in [0, 0.05) is 30.9 Å². The van der Waals surface area contributed by atoms with Crippen molar-refractivity contribution >= 4 is 50.4 Å². The highest BCUT2D eigenvalue weighted by Crippen LogP contribution is 2.31. The number of hydrogen-bond acceptors (Lipinski definition) is 7. The third-order valence-electron chi connectivity index (χ3n) is 5.11. The second kappa shape index (κ2) is 14.3. The van der Waals surface area contributed by atoms with E-state index in [1.807, 2.05) is 30.0 Å². The molecule has 11 heteroatoms. The number of aliphatic imine (C=N–C) groups is 1. The number of carboxylic acids is 1. The molecule has 2 unspecified atom stereocenters. The zero-order chi connectivity index (χ0) is 26.8. The predicted octanol–water partition coefficient (Wildman–Crippen LogP) is 4.48. The van der Waals surface area contributed by atoms with E-state index >= 15 is 0 Å². The molecule has 0 saturated carbocycles. The standard InChI is InChI=1S/C23H30BrClN4O4.CH5N/c1-5-15-12-16(25)6-7-17(15)18(8-9-27-20(24)13-26)28-10-11-29(19(14-28)21(30)31)22(32)33-23(2,3)4;1-2/h6-9,12-13,18-19,26H,5,10-11,14H2,1-4H3,(H,30,31);2H2,1H3/b9-8+,26-13?,27-20?;. The smallest absolute Gasteiger partial charge is 0.411 e. The molecule has 0 radical (unpaired) electrons. The number of nitrogens with two attached hydrogens (primary N) is 1. The molecule has 9 nitrogen and oxygen atoms in total. The molecule has 1 heterocycles. The zero-order valence-electron chi connectivity index (χ0n) is 20.8. The number of aliphatic carboxylic acids is 1. The van der Waals surface area contributed by atoms with Gasteiger partial charge in [0.05, 0.1) is 12.3 Å². The fraction of sp³-hybridized carbons (Fsp3) is 0.500. The van der Waals surface area contributed by atoms with Gasteiger partial charge < -0.3 is 21.0 Å². The molecule has 1 amide bonds. The first-order chi connectivity index (χ1) is 16.5. The quantitative estimate of drug-likeness (QED) is 0.413. The first-order valence-corrected chi connectivity index (χ1v) is 12.4. The van der Waals surface area contributed by atoms with Crippen LogP contribution in [0.3, 0.4) is 0 Å². The van der Waals surface area contributed by atoms with Crippen molar-refractivity contribution in [3.05, 3.63) is 46.6 Å². The highest BCUT2D eigenvalue weighted by atomic mass is 79.9. The van der Waals surface area contributed by atoms with Crippen LogP contribution in [0.5, 0.6) is 0 Å². The van der Waals surface area contributed by atoms with Crippen LogP contribution in [0.4, 0.5) is 4.79 Å². The lowest BCUT2D eigenvalue weighted by Gasteiger charge is -2.42. The van der Waals surface area contributed by atoms with Crippen LogP contribution in [0.25, 0.3) is 0 Å². The minimum Gasteiger partial charge on any atom is -0.480 e. The maximum atomic E-state index is 12.6. The summed E-state index contributed by atoms with van der Waals surface area (Å²) >= 11 is 9.38. The molecule has 1 fully saturated rings. The molecule has 0 aliphatic carbocycles. The highest BCUT2D eigenvalue weighted by Gasteiger charge is 2.39. The SMILES string of the molecule is CCc1cc(Cl)ccc1C(/C=C/N=C(Br)C=N)N1CCN(C(=O)OC(C)(C)C)C(C(=O)O)C1.CN. The van der Waals surface area contributed by atoms with Crippen molar-refractivity contribution in [2.75, 3.05) is 26.7 Å². The van der Waals surface area contributed by atoms with E-state index in [1.54, 1.807) is 33.0 Å². The van der Waals surface area contributed by atoms with Gasteiger partial charge in [0.15, 0.2) is 0 Å². The lowest BCUT2D eigenvalue weighted by molar-refractivity contribution is -0.146. The number of carboxylic acid groups (broad SMARTS) is 1. The van der Waals surface area contributed by atoms with E-state index in [4.69, 9.17) is 21.7 Å². The molecule has 2 atom stereocenters. The lowest BCUT2D eigenvalue weighted by atomic mass is 9.96. The van der Waals surface area contributed by atoms with Crippen LogP contribution < -0.4 is 5.73 Å². The Kier molecular flexibility index (Phi) is 12.6. The lowest BCUT2D eigenvalue weighted by Crippen LogP contribution is -2.59. The Labute approximate surface area is 220 Å². The first kappa shape index (κ1) is 30.8. The Bertz CT molecular complexity index is 948. The Morgan fingerprint density at radius 3 is 2.57 bits per heavy atom. The Morgan fingerprint density at radius 2 is 2.03 bits per heavy atom. The number of carbonyl (C=O) groups is 2. The number of piperazine rings is 1. The van der Waals surface area contributed by atoms with Gasteiger partial charge in [-0.3, -0.25) is 9.80 Å². The molecule has 0 aromatic heterocycles. The van der Waals surface area contributed by atoms with Crippen molar-refractivity contribution in [1.82, 2.24) is 9.80 Å². The average Bonchev–Trinajstić information content (AvgIpc) is 2.81. The molecule has 1 aromatic carbocycles. The van der Waals surface area contributed by atoms with Gasteiger partial charge >= 0.3 is 12.1 Å². The van der Waals surface area contributed by atoms with Crippen LogP contribution in [0.1, 0.15) is 44.9 Å². The van der Waals surface area contributed by atoms with Crippen molar-refractivity contribution in [2.24, 2.45) is 10.7 Å². The minimum absolute atomic E-state index is 0.116. The zero-order valence-corrected chi connectivity index (χ0v) is 23.1. The van der Waals surface area contributed by atoms with Crippen molar-refractivity contribution in [2.45, 2.75) is 51.8 Å². The number of ether oxygens (including phenoxy) is 1. The highest BCUT2D eigenvalue weighted by molar-refractivity contribution is 9.19. The van der Waals surface area contributed by atoms with E-state index in [0.29, 0.717) is 16.2 Å². The molecule has 1 aromatic rings. The number of amides is 1. The third kappa shape index (κ3) is 9.36. The van der Waals surface area contributed by atoms with E-state index in [9.17, 15) is 14.7 Å². The maximum Gasteiger partial charge on any atom is 0.411 e. The Balaban J connectivity index is 0.00000298. The van der Waals surface area contributed by atoms with E-state index in [1.165, 1.54) is 11.9 Å². The van der Waals surface area contributed by atoms with Gasteiger partial charge in [-0.2, -0.15) is 0 Å². The molecule has 4 N–H and O–H groups in total. The molecule has 1 aliphatic rings. The van der Waals surface area contributed by atoms with E-state index in [-0.39, 0.29) is 19.1 Å². The number of nitrogens with zero attached hydrogens (tertiary/aromatic N) is 3. The van der Waals surface area contributed by atoms with Gasteiger partial charge in [-0.05, 0) is 79.5 Å².